The van der Waals surface area contributed by atoms with Gasteiger partial charge in [-0.1, -0.05) is 61.5 Å². The van der Waals surface area contributed by atoms with Gasteiger partial charge >= 0.3 is 0 Å². The summed E-state index contributed by atoms with van der Waals surface area (Å²) >= 11 is 0. The molecule has 6 nitrogen and oxygen atoms in total. The fourth-order valence-corrected chi connectivity index (χ4v) is 3.61. The van der Waals surface area contributed by atoms with Crippen molar-refractivity contribution in [3.63, 3.8) is 0 Å². The van der Waals surface area contributed by atoms with E-state index in [0.717, 1.165) is 43.1 Å². The van der Waals surface area contributed by atoms with E-state index in [1.54, 1.807) is 0 Å². The number of likely N-dealkylation sites (tertiary alicyclic amines) is 1. The van der Waals surface area contributed by atoms with Crippen LogP contribution in [0.3, 0.4) is 0 Å². The number of hydrogen-bond donors (Lipinski definition) is 2. The van der Waals surface area contributed by atoms with Crippen LogP contribution in [0.2, 0.25) is 0 Å². The molecule has 1 amide bonds. The molecule has 2 N–H and O–H groups in total. The highest BCUT2D eigenvalue weighted by Crippen LogP contribution is 2.11. The summed E-state index contributed by atoms with van der Waals surface area (Å²) in [6, 6.07) is 18.9. The first-order valence-electron chi connectivity index (χ1n) is 11.2. The van der Waals surface area contributed by atoms with Crippen molar-refractivity contribution in [2.24, 2.45) is 4.99 Å². The highest BCUT2D eigenvalue weighted by Gasteiger charge is 2.25. The number of carbonyl (C=O) groups is 1. The van der Waals surface area contributed by atoms with Crippen LogP contribution in [0.1, 0.15) is 43.4 Å². The minimum atomic E-state index is 0. The van der Waals surface area contributed by atoms with Gasteiger partial charge in [0.25, 0.3) is 0 Å². The fourth-order valence-electron chi connectivity index (χ4n) is 3.61. The molecule has 1 saturated heterocycles. The molecule has 0 aromatic heterocycles. The van der Waals surface area contributed by atoms with Crippen molar-refractivity contribution >= 4 is 35.8 Å². The number of rotatable bonds is 9. The number of aliphatic imine (C=N–C) groups is 1. The number of ether oxygens (including phenoxy) is 1. The van der Waals surface area contributed by atoms with E-state index in [2.05, 4.69) is 54.0 Å². The van der Waals surface area contributed by atoms with Crippen molar-refractivity contribution in [3.8, 4) is 0 Å². The highest BCUT2D eigenvalue weighted by atomic mass is 127. The van der Waals surface area contributed by atoms with E-state index in [9.17, 15) is 4.79 Å². The summed E-state index contributed by atoms with van der Waals surface area (Å²) < 4.78 is 5.81. The van der Waals surface area contributed by atoms with Crippen molar-refractivity contribution < 1.29 is 9.53 Å². The van der Waals surface area contributed by atoms with Crippen LogP contribution < -0.4 is 10.6 Å². The molecule has 0 spiro atoms. The van der Waals surface area contributed by atoms with Gasteiger partial charge in [0.2, 0.25) is 5.91 Å². The third-order valence-corrected chi connectivity index (χ3v) is 5.35. The van der Waals surface area contributed by atoms with Gasteiger partial charge in [0.05, 0.1) is 19.8 Å². The summed E-state index contributed by atoms with van der Waals surface area (Å²) in [5.74, 6) is 1.02. The highest BCUT2D eigenvalue weighted by molar-refractivity contribution is 14.0. The number of amides is 1. The molecule has 7 heteroatoms. The predicted octanol–water partition coefficient (Wildman–Crippen LogP) is 4.09. The summed E-state index contributed by atoms with van der Waals surface area (Å²) in [7, 11) is 0. The standard InChI is InChI=1S/C25H34N4O2.HI/c1-3-24(30)29-15-14-23(17-29)28-25(26-4-2)27-16-20-10-12-22(13-11-20)19-31-18-21-8-6-5-7-9-21;/h5-13,23H,3-4,14-19H2,1-2H3,(H2,26,27,28);1H. The first kappa shape index (κ1) is 26.1. The Balaban J connectivity index is 0.00000363. The smallest absolute Gasteiger partial charge is 0.222 e. The second-order valence-electron chi connectivity index (χ2n) is 7.81. The van der Waals surface area contributed by atoms with Gasteiger partial charge in [-0.15, -0.1) is 24.0 Å². The molecular weight excluding hydrogens is 515 g/mol. The second kappa shape index (κ2) is 14.1. The number of halogens is 1. The topological polar surface area (TPSA) is 66.0 Å². The number of guanidine groups is 1. The molecule has 0 radical (unpaired) electrons. The van der Waals surface area contributed by atoms with E-state index in [1.165, 1.54) is 5.56 Å². The van der Waals surface area contributed by atoms with E-state index in [-0.39, 0.29) is 35.9 Å². The Labute approximate surface area is 208 Å². The first-order valence-corrected chi connectivity index (χ1v) is 11.2. The lowest BCUT2D eigenvalue weighted by molar-refractivity contribution is -0.129. The van der Waals surface area contributed by atoms with E-state index in [1.807, 2.05) is 30.0 Å². The van der Waals surface area contributed by atoms with Crippen LogP contribution in [0, 0.1) is 0 Å². The van der Waals surface area contributed by atoms with Crippen LogP contribution >= 0.6 is 24.0 Å². The van der Waals surface area contributed by atoms with Crippen molar-refractivity contribution in [2.75, 3.05) is 19.6 Å². The van der Waals surface area contributed by atoms with Crippen molar-refractivity contribution in [1.29, 1.82) is 0 Å². The molecule has 3 rings (SSSR count). The van der Waals surface area contributed by atoms with Gasteiger partial charge in [-0.3, -0.25) is 4.79 Å². The minimum absolute atomic E-state index is 0. The van der Waals surface area contributed by atoms with Gasteiger partial charge in [0.1, 0.15) is 0 Å². The molecule has 0 bridgehead atoms. The van der Waals surface area contributed by atoms with Crippen molar-refractivity contribution in [1.82, 2.24) is 15.5 Å². The lowest BCUT2D eigenvalue weighted by Crippen LogP contribution is -2.45. The maximum atomic E-state index is 11.9. The molecular formula is C25H35IN4O2. The number of nitrogens with zero attached hydrogens (tertiary/aromatic N) is 2. The van der Waals surface area contributed by atoms with Crippen LogP contribution in [-0.4, -0.2) is 42.4 Å². The van der Waals surface area contributed by atoms with Gasteiger partial charge in [-0.2, -0.15) is 0 Å². The Morgan fingerprint density at radius 3 is 2.34 bits per heavy atom. The summed E-state index contributed by atoms with van der Waals surface area (Å²) in [6.45, 7) is 8.15. The quantitative estimate of drug-likeness (QED) is 0.281. The molecule has 2 aromatic rings. The van der Waals surface area contributed by atoms with Crippen molar-refractivity contribution in [3.05, 3.63) is 71.3 Å². The molecule has 32 heavy (non-hydrogen) atoms. The Morgan fingerprint density at radius 1 is 1.03 bits per heavy atom. The van der Waals surface area contributed by atoms with Gasteiger partial charge in [0.15, 0.2) is 5.96 Å². The molecule has 1 fully saturated rings. The zero-order valence-corrected chi connectivity index (χ0v) is 21.4. The Hall–Kier alpha value is -2.13. The number of benzene rings is 2. The van der Waals surface area contributed by atoms with Crippen molar-refractivity contribution in [2.45, 2.75) is 52.5 Å². The van der Waals surface area contributed by atoms with Crippen LogP contribution in [-0.2, 0) is 29.3 Å². The largest absolute Gasteiger partial charge is 0.372 e. The van der Waals surface area contributed by atoms with Crippen LogP contribution in [0.5, 0.6) is 0 Å². The molecule has 1 aliphatic heterocycles. The van der Waals surface area contributed by atoms with E-state index >= 15 is 0 Å². The van der Waals surface area contributed by atoms with Crippen LogP contribution in [0.25, 0.3) is 0 Å². The van der Waals surface area contributed by atoms with E-state index in [4.69, 9.17) is 9.73 Å². The Kier molecular flexibility index (Phi) is 11.5. The summed E-state index contributed by atoms with van der Waals surface area (Å²) in [6.07, 6.45) is 1.52. The van der Waals surface area contributed by atoms with Gasteiger partial charge in [-0.25, -0.2) is 4.99 Å². The van der Waals surface area contributed by atoms with Crippen LogP contribution in [0.15, 0.2) is 59.6 Å². The molecule has 1 unspecified atom stereocenters. The summed E-state index contributed by atoms with van der Waals surface area (Å²) in [5, 5.41) is 6.78. The van der Waals surface area contributed by atoms with Gasteiger partial charge < -0.3 is 20.3 Å². The zero-order chi connectivity index (χ0) is 21.9. The number of carbonyl (C=O) groups excluding carboxylic acids is 1. The normalized spacial score (nSPS) is 15.9. The molecule has 1 heterocycles. The maximum Gasteiger partial charge on any atom is 0.222 e. The SMILES string of the molecule is CCNC(=NCc1ccc(COCc2ccccc2)cc1)NC1CCN(C(=O)CC)C1.I. The second-order valence-corrected chi connectivity index (χ2v) is 7.81. The third kappa shape index (κ3) is 8.43. The van der Waals surface area contributed by atoms with E-state index < -0.39 is 0 Å². The molecule has 2 aromatic carbocycles. The summed E-state index contributed by atoms with van der Waals surface area (Å²) in [4.78, 5) is 18.5. The average Bonchev–Trinajstić information content (AvgIpc) is 3.27. The zero-order valence-electron chi connectivity index (χ0n) is 19.0. The number of hydrogen-bond acceptors (Lipinski definition) is 3. The third-order valence-electron chi connectivity index (χ3n) is 5.35. The Bertz CT molecular complexity index is 843. The monoisotopic (exact) mass is 550 g/mol. The van der Waals surface area contributed by atoms with E-state index in [0.29, 0.717) is 26.2 Å². The van der Waals surface area contributed by atoms with Crippen LogP contribution in [0.4, 0.5) is 0 Å². The fraction of sp³-hybridized carbons (Fsp3) is 0.440. The lowest BCUT2D eigenvalue weighted by Gasteiger charge is -2.18. The lowest BCUT2D eigenvalue weighted by atomic mass is 10.1. The molecule has 0 aliphatic carbocycles. The molecule has 1 atom stereocenters. The maximum absolute atomic E-state index is 11.9. The van der Waals surface area contributed by atoms with Gasteiger partial charge in [-0.05, 0) is 30.0 Å². The minimum Gasteiger partial charge on any atom is -0.372 e. The van der Waals surface area contributed by atoms with Gasteiger partial charge in [0, 0.05) is 32.1 Å². The molecule has 0 saturated carbocycles. The Morgan fingerprint density at radius 2 is 1.69 bits per heavy atom. The summed E-state index contributed by atoms with van der Waals surface area (Å²) in [5.41, 5.74) is 3.49. The molecule has 174 valence electrons. The molecule has 1 aliphatic rings. The predicted molar refractivity (Wildman–Crippen MR) is 140 cm³/mol. The number of nitrogens with one attached hydrogen (secondary N) is 2. The first-order chi connectivity index (χ1) is 15.2. The average molecular weight is 550 g/mol.